The molecule has 0 radical (unpaired) electrons. The molecule has 1 aliphatic carbocycles. The molecule has 2 rings (SSSR count). The predicted octanol–water partition coefficient (Wildman–Crippen LogP) is 1.15. The van der Waals surface area contributed by atoms with Crippen molar-refractivity contribution in [3.63, 3.8) is 0 Å². The van der Waals surface area contributed by atoms with Gasteiger partial charge in [-0.25, -0.2) is 4.79 Å². The average Bonchev–Trinajstić information content (AvgIpc) is 3.23. The number of esters is 1. The van der Waals surface area contributed by atoms with Gasteiger partial charge in [0.05, 0.1) is 7.11 Å². The molecule has 1 atom stereocenters. The summed E-state index contributed by atoms with van der Waals surface area (Å²) in [5.41, 5.74) is -0.449. The minimum atomic E-state index is -0.935. The normalized spacial score (nSPS) is 17.7. The molecule has 18 heavy (non-hydrogen) atoms. The highest BCUT2D eigenvalue weighted by Crippen LogP contribution is 2.40. The largest absolute Gasteiger partial charge is 0.467 e. The number of pyridine rings is 1. The van der Waals surface area contributed by atoms with Crippen molar-refractivity contribution in [1.29, 1.82) is 0 Å². The summed E-state index contributed by atoms with van der Waals surface area (Å²) in [7, 11) is 1.33. The van der Waals surface area contributed by atoms with E-state index in [9.17, 15) is 9.59 Å². The smallest absolute Gasteiger partial charge is 0.331 e. The number of methoxy groups -OCH3 is 1. The molecule has 0 aliphatic heterocycles. The van der Waals surface area contributed by atoms with E-state index in [1.807, 2.05) is 0 Å². The number of nitrogens with one attached hydrogen (secondary N) is 1. The van der Waals surface area contributed by atoms with Gasteiger partial charge in [-0.2, -0.15) is 0 Å². The van der Waals surface area contributed by atoms with Gasteiger partial charge >= 0.3 is 5.97 Å². The molecule has 1 aliphatic rings. The van der Waals surface area contributed by atoms with Crippen LogP contribution in [0.5, 0.6) is 0 Å². The summed E-state index contributed by atoms with van der Waals surface area (Å²) in [6.07, 6.45) is 4.95. The molecule has 96 valence electrons. The molecule has 0 saturated heterocycles. The number of hydrogen-bond donors (Lipinski definition) is 1. The Balaban J connectivity index is 2.15. The zero-order valence-electron chi connectivity index (χ0n) is 10.5. The van der Waals surface area contributed by atoms with Gasteiger partial charge in [-0.15, -0.1) is 0 Å². The molecule has 5 heteroatoms. The average molecular weight is 248 g/mol. The van der Waals surface area contributed by atoms with Crippen LogP contribution >= 0.6 is 0 Å². The fourth-order valence-electron chi connectivity index (χ4n) is 2.00. The van der Waals surface area contributed by atoms with Gasteiger partial charge in [-0.1, -0.05) is 0 Å². The first-order valence-corrected chi connectivity index (χ1v) is 5.89. The van der Waals surface area contributed by atoms with Crippen molar-refractivity contribution >= 4 is 11.9 Å². The first-order valence-electron chi connectivity index (χ1n) is 5.89. The second-order valence-electron chi connectivity index (χ2n) is 4.66. The van der Waals surface area contributed by atoms with E-state index in [1.54, 1.807) is 31.5 Å². The molecular weight excluding hydrogens is 232 g/mol. The number of hydrogen-bond acceptors (Lipinski definition) is 4. The van der Waals surface area contributed by atoms with Gasteiger partial charge in [0.1, 0.15) is 5.54 Å². The highest BCUT2D eigenvalue weighted by atomic mass is 16.5. The Morgan fingerprint density at radius 2 is 2.00 bits per heavy atom. The number of carbonyl (C=O) groups is 2. The van der Waals surface area contributed by atoms with Crippen molar-refractivity contribution in [2.24, 2.45) is 5.92 Å². The van der Waals surface area contributed by atoms with Crippen LogP contribution in [0.4, 0.5) is 0 Å². The van der Waals surface area contributed by atoms with E-state index in [4.69, 9.17) is 4.74 Å². The topological polar surface area (TPSA) is 68.3 Å². The Bertz CT molecular complexity index is 457. The minimum absolute atomic E-state index is 0.163. The standard InChI is InChI=1S/C13H16N2O3/c1-13(10-3-4-10,12(17)18-2)15-11(16)9-5-7-14-8-6-9/h5-8,10H,3-4H2,1-2H3,(H,15,16). The van der Waals surface area contributed by atoms with E-state index >= 15 is 0 Å². The van der Waals surface area contributed by atoms with Gasteiger partial charge in [-0.05, 0) is 37.8 Å². The number of carbonyl (C=O) groups excluding carboxylic acids is 2. The third kappa shape index (κ3) is 2.34. The summed E-state index contributed by atoms with van der Waals surface area (Å²) in [5, 5.41) is 2.78. The first kappa shape index (κ1) is 12.5. The van der Waals surface area contributed by atoms with Crippen molar-refractivity contribution in [2.75, 3.05) is 7.11 Å². The Kier molecular flexibility index (Phi) is 3.32. The summed E-state index contributed by atoms with van der Waals surface area (Å²) >= 11 is 0. The van der Waals surface area contributed by atoms with Crippen LogP contribution in [0.15, 0.2) is 24.5 Å². The van der Waals surface area contributed by atoms with Crippen LogP contribution in [-0.4, -0.2) is 29.5 Å². The van der Waals surface area contributed by atoms with E-state index in [0.29, 0.717) is 5.56 Å². The van der Waals surface area contributed by atoms with Gasteiger partial charge in [0, 0.05) is 18.0 Å². The molecule has 1 fully saturated rings. The maximum atomic E-state index is 12.1. The Morgan fingerprint density at radius 1 is 1.39 bits per heavy atom. The molecule has 0 spiro atoms. The second kappa shape index (κ2) is 4.76. The van der Waals surface area contributed by atoms with Crippen LogP contribution in [0.2, 0.25) is 0 Å². The van der Waals surface area contributed by atoms with Crippen LogP contribution in [0, 0.1) is 5.92 Å². The number of rotatable bonds is 4. The Labute approximate surface area is 106 Å². The number of nitrogens with zero attached hydrogens (tertiary/aromatic N) is 1. The number of amides is 1. The molecule has 0 bridgehead atoms. The summed E-state index contributed by atoms with van der Waals surface area (Å²) < 4.78 is 4.79. The van der Waals surface area contributed by atoms with Crippen LogP contribution < -0.4 is 5.32 Å². The highest BCUT2D eigenvalue weighted by Gasteiger charge is 2.49. The van der Waals surface area contributed by atoms with E-state index in [-0.39, 0.29) is 11.8 Å². The van der Waals surface area contributed by atoms with Gasteiger partial charge < -0.3 is 10.1 Å². The lowest BCUT2D eigenvalue weighted by atomic mass is 9.95. The van der Waals surface area contributed by atoms with Crippen molar-refractivity contribution in [2.45, 2.75) is 25.3 Å². The Hall–Kier alpha value is -1.91. The van der Waals surface area contributed by atoms with E-state index in [2.05, 4.69) is 10.3 Å². The molecule has 5 nitrogen and oxygen atoms in total. The SMILES string of the molecule is COC(=O)C(C)(NC(=O)c1ccncc1)C1CC1. The lowest BCUT2D eigenvalue weighted by molar-refractivity contribution is -0.148. The summed E-state index contributed by atoms with van der Waals surface area (Å²) in [4.78, 5) is 27.8. The molecule has 1 saturated carbocycles. The van der Waals surface area contributed by atoms with Gasteiger partial charge in [-0.3, -0.25) is 9.78 Å². The van der Waals surface area contributed by atoms with Gasteiger partial charge in [0.25, 0.3) is 5.91 Å². The summed E-state index contributed by atoms with van der Waals surface area (Å²) in [6, 6.07) is 3.22. The molecule has 1 heterocycles. The maximum Gasteiger partial charge on any atom is 0.331 e. The summed E-state index contributed by atoms with van der Waals surface area (Å²) in [6.45, 7) is 1.72. The number of ether oxygens (including phenoxy) is 1. The fraction of sp³-hybridized carbons (Fsp3) is 0.462. The van der Waals surface area contributed by atoms with Crippen molar-refractivity contribution in [3.05, 3.63) is 30.1 Å². The lowest BCUT2D eigenvalue weighted by Gasteiger charge is -2.27. The fourth-order valence-corrected chi connectivity index (χ4v) is 2.00. The second-order valence-corrected chi connectivity index (χ2v) is 4.66. The van der Waals surface area contributed by atoms with Crippen LogP contribution in [0.3, 0.4) is 0 Å². The first-order chi connectivity index (χ1) is 8.58. The van der Waals surface area contributed by atoms with Crippen LogP contribution in [0.1, 0.15) is 30.1 Å². The van der Waals surface area contributed by atoms with Crippen molar-refractivity contribution in [3.8, 4) is 0 Å². The zero-order chi connectivity index (χ0) is 13.2. The Morgan fingerprint density at radius 3 is 2.50 bits per heavy atom. The quantitative estimate of drug-likeness (QED) is 0.812. The van der Waals surface area contributed by atoms with Gasteiger partial charge in [0.15, 0.2) is 0 Å². The third-order valence-electron chi connectivity index (χ3n) is 3.32. The summed E-state index contributed by atoms with van der Waals surface area (Å²) in [5.74, 6) is -0.514. The van der Waals surface area contributed by atoms with E-state index in [1.165, 1.54) is 7.11 Å². The minimum Gasteiger partial charge on any atom is -0.467 e. The molecule has 1 aromatic rings. The maximum absolute atomic E-state index is 12.1. The van der Waals surface area contributed by atoms with Crippen molar-refractivity contribution < 1.29 is 14.3 Å². The van der Waals surface area contributed by atoms with E-state index in [0.717, 1.165) is 12.8 Å². The van der Waals surface area contributed by atoms with Gasteiger partial charge in [0.2, 0.25) is 0 Å². The molecule has 1 unspecified atom stereocenters. The monoisotopic (exact) mass is 248 g/mol. The highest BCUT2D eigenvalue weighted by molar-refractivity contribution is 5.98. The molecule has 0 aromatic carbocycles. The predicted molar refractivity (Wildman–Crippen MR) is 64.8 cm³/mol. The molecular formula is C13H16N2O3. The molecule has 1 amide bonds. The van der Waals surface area contributed by atoms with Crippen LogP contribution in [-0.2, 0) is 9.53 Å². The van der Waals surface area contributed by atoms with Crippen molar-refractivity contribution in [1.82, 2.24) is 10.3 Å². The molecule has 1 aromatic heterocycles. The molecule has 1 N–H and O–H groups in total. The third-order valence-corrected chi connectivity index (χ3v) is 3.32. The number of aromatic nitrogens is 1. The zero-order valence-corrected chi connectivity index (χ0v) is 10.5. The van der Waals surface area contributed by atoms with Crippen LogP contribution in [0.25, 0.3) is 0 Å². The van der Waals surface area contributed by atoms with E-state index < -0.39 is 11.5 Å². The lowest BCUT2D eigenvalue weighted by Crippen LogP contribution is -2.54.